The third kappa shape index (κ3) is 3.13. The third-order valence-corrected chi connectivity index (χ3v) is 4.63. The molecule has 22 heavy (non-hydrogen) atoms. The van der Waals surface area contributed by atoms with Gasteiger partial charge in [-0.1, -0.05) is 0 Å². The second-order valence-electron chi connectivity index (χ2n) is 5.45. The first-order valence-electron chi connectivity index (χ1n) is 6.75. The highest BCUT2D eigenvalue weighted by molar-refractivity contribution is 6.52. The van der Waals surface area contributed by atoms with Gasteiger partial charge in [0.2, 0.25) is 5.91 Å². The van der Waals surface area contributed by atoms with Crippen molar-refractivity contribution in [3.8, 4) is 5.75 Å². The van der Waals surface area contributed by atoms with Crippen LogP contribution in [0.5, 0.6) is 5.75 Å². The smallest absolute Gasteiger partial charge is 0.406 e. The Labute approximate surface area is 134 Å². The van der Waals surface area contributed by atoms with Gasteiger partial charge < -0.3 is 9.64 Å². The van der Waals surface area contributed by atoms with Gasteiger partial charge >= 0.3 is 6.36 Å². The molecule has 1 amide bonds. The van der Waals surface area contributed by atoms with Gasteiger partial charge in [-0.2, -0.15) is 0 Å². The lowest BCUT2D eigenvalue weighted by Gasteiger charge is -2.30. The molecule has 1 atom stereocenters. The van der Waals surface area contributed by atoms with Gasteiger partial charge in [-0.3, -0.25) is 4.79 Å². The minimum Gasteiger partial charge on any atom is -0.406 e. The number of ether oxygens (including phenoxy) is 1. The molecule has 2 aliphatic rings. The number of carbonyl (C=O) groups is 1. The van der Waals surface area contributed by atoms with Crippen LogP contribution in [0.4, 0.5) is 18.9 Å². The summed E-state index contributed by atoms with van der Waals surface area (Å²) in [5, 5.41) is 0. The van der Waals surface area contributed by atoms with Crippen LogP contribution in [0, 0.1) is 5.92 Å². The van der Waals surface area contributed by atoms with Gasteiger partial charge in [-0.25, -0.2) is 0 Å². The lowest BCUT2D eigenvalue weighted by atomic mass is 10.0. The van der Waals surface area contributed by atoms with Crippen LogP contribution in [0.15, 0.2) is 18.2 Å². The Balaban J connectivity index is 1.83. The van der Waals surface area contributed by atoms with Gasteiger partial charge in [0.25, 0.3) is 0 Å². The molecule has 1 aromatic rings. The highest BCUT2D eigenvalue weighted by atomic mass is 35.5. The van der Waals surface area contributed by atoms with Crippen LogP contribution in [-0.4, -0.2) is 23.1 Å². The Kier molecular flexibility index (Phi) is 3.72. The lowest BCUT2D eigenvalue weighted by molar-refractivity contribution is -0.274. The van der Waals surface area contributed by atoms with E-state index in [1.165, 1.54) is 18.2 Å². The molecule has 3 rings (SSSR count). The number of hydrogen-bond donors (Lipinski definition) is 0. The maximum Gasteiger partial charge on any atom is 0.573 e. The molecule has 1 aliphatic heterocycles. The SMILES string of the molecule is O=C(C1CC1(Cl)Cl)N1CCCc2cc(OC(F)(F)F)ccc21. The summed E-state index contributed by atoms with van der Waals surface area (Å²) < 4.78 is 39.7. The van der Waals surface area contributed by atoms with E-state index in [0.29, 0.717) is 37.1 Å². The maximum atomic E-state index is 12.4. The molecule has 8 heteroatoms. The number of carbonyl (C=O) groups excluding carboxylic acids is 1. The van der Waals surface area contributed by atoms with E-state index in [2.05, 4.69) is 4.74 Å². The van der Waals surface area contributed by atoms with Crippen molar-refractivity contribution in [2.45, 2.75) is 30.0 Å². The molecule has 0 aromatic heterocycles. The van der Waals surface area contributed by atoms with Crippen molar-refractivity contribution in [1.29, 1.82) is 0 Å². The molecule has 120 valence electrons. The molecule has 0 spiro atoms. The van der Waals surface area contributed by atoms with E-state index in [0.717, 1.165) is 0 Å². The Morgan fingerprint density at radius 3 is 2.64 bits per heavy atom. The van der Waals surface area contributed by atoms with Gasteiger partial charge in [-0.15, -0.1) is 36.4 Å². The van der Waals surface area contributed by atoms with Crippen molar-refractivity contribution in [2.75, 3.05) is 11.4 Å². The summed E-state index contributed by atoms with van der Waals surface area (Å²) in [6, 6.07) is 4.00. The number of anilines is 1. The number of fused-ring (bicyclic) bond motifs is 1. The minimum absolute atomic E-state index is 0.185. The first-order valence-corrected chi connectivity index (χ1v) is 7.51. The van der Waals surface area contributed by atoms with Crippen LogP contribution in [0.1, 0.15) is 18.4 Å². The van der Waals surface area contributed by atoms with Crippen molar-refractivity contribution < 1.29 is 22.7 Å². The van der Waals surface area contributed by atoms with Crippen LogP contribution in [0.25, 0.3) is 0 Å². The molecule has 1 saturated carbocycles. The molecule has 0 saturated heterocycles. The Hall–Kier alpha value is -1.14. The number of halogens is 5. The summed E-state index contributed by atoms with van der Waals surface area (Å²) in [5.74, 6) is -0.917. The molecule has 1 fully saturated rings. The van der Waals surface area contributed by atoms with Crippen molar-refractivity contribution in [3.05, 3.63) is 23.8 Å². The average molecular weight is 354 g/mol. The van der Waals surface area contributed by atoms with E-state index in [1.54, 1.807) is 4.90 Å². The molecule has 1 unspecified atom stereocenters. The minimum atomic E-state index is -4.73. The van der Waals surface area contributed by atoms with E-state index in [1.807, 2.05) is 0 Å². The zero-order valence-electron chi connectivity index (χ0n) is 11.3. The van der Waals surface area contributed by atoms with Crippen LogP contribution < -0.4 is 9.64 Å². The number of alkyl halides is 5. The van der Waals surface area contributed by atoms with Crippen LogP contribution in [-0.2, 0) is 11.2 Å². The molecule has 1 heterocycles. The molecular formula is C14H12Cl2F3NO2. The van der Waals surface area contributed by atoms with E-state index in [9.17, 15) is 18.0 Å². The van der Waals surface area contributed by atoms with Crippen molar-refractivity contribution in [2.24, 2.45) is 5.92 Å². The van der Waals surface area contributed by atoms with Gasteiger partial charge in [0.05, 0.1) is 5.92 Å². The third-order valence-electron chi connectivity index (χ3n) is 3.79. The number of amides is 1. The van der Waals surface area contributed by atoms with E-state index < -0.39 is 16.6 Å². The zero-order chi connectivity index (χ0) is 16.1. The second-order valence-corrected chi connectivity index (χ2v) is 6.99. The van der Waals surface area contributed by atoms with Gasteiger partial charge in [0, 0.05) is 12.2 Å². The highest BCUT2D eigenvalue weighted by Crippen LogP contribution is 2.54. The fourth-order valence-electron chi connectivity index (χ4n) is 2.67. The predicted octanol–water partition coefficient (Wildman–Crippen LogP) is 4.06. The lowest BCUT2D eigenvalue weighted by Crippen LogP contribution is -2.37. The summed E-state index contributed by atoms with van der Waals surface area (Å²) in [6.45, 7) is 0.506. The molecule has 0 radical (unpaired) electrons. The fourth-order valence-corrected chi connectivity index (χ4v) is 3.16. The number of nitrogens with zero attached hydrogens (tertiary/aromatic N) is 1. The fraction of sp³-hybridized carbons (Fsp3) is 0.500. The van der Waals surface area contributed by atoms with Crippen molar-refractivity contribution >= 4 is 34.8 Å². The highest BCUT2D eigenvalue weighted by Gasteiger charge is 2.57. The topological polar surface area (TPSA) is 29.5 Å². The maximum absolute atomic E-state index is 12.4. The largest absolute Gasteiger partial charge is 0.573 e. The average Bonchev–Trinajstić information content (AvgIpc) is 3.04. The standard InChI is InChI=1S/C14H12Cl2F3NO2/c15-13(16)7-10(13)12(21)20-5-1-2-8-6-9(3-4-11(8)20)22-14(17,18)19/h3-4,6,10H,1-2,5,7H2. The summed E-state index contributed by atoms with van der Waals surface area (Å²) >= 11 is 11.8. The van der Waals surface area contributed by atoms with Crippen molar-refractivity contribution in [1.82, 2.24) is 0 Å². The normalized spacial score (nSPS) is 23.0. The summed E-state index contributed by atoms with van der Waals surface area (Å²) in [4.78, 5) is 13.9. The van der Waals surface area contributed by atoms with E-state index in [-0.39, 0.29) is 11.7 Å². The Morgan fingerprint density at radius 2 is 2.05 bits per heavy atom. The summed E-state index contributed by atoms with van der Waals surface area (Å²) in [7, 11) is 0. The Morgan fingerprint density at radius 1 is 1.36 bits per heavy atom. The second kappa shape index (κ2) is 5.20. The number of rotatable bonds is 2. The first kappa shape index (κ1) is 15.7. The van der Waals surface area contributed by atoms with Crippen LogP contribution in [0.3, 0.4) is 0 Å². The summed E-state index contributed by atoms with van der Waals surface area (Å²) in [5.41, 5.74) is 1.25. The van der Waals surface area contributed by atoms with E-state index >= 15 is 0 Å². The number of hydrogen-bond acceptors (Lipinski definition) is 2. The molecule has 0 bridgehead atoms. The zero-order valence-corrected chi connectivity index (χ0v) is 12.8. The van der Waals surface area contributed by atoms with Crippen molar-refractivity contribution in [3.63, 3.8) is 0 Å². The Bertz CT molecular complexity index is 619. The van der Waals surface area contributed by atoms with Crippen LogP contribution >= 0.6 is 23.2 Å². The predicted molar refractivity (Wildman–Crippen MR) is 76.3 cm³/mol. The molecule has 0 N–H and O–H groups in total. The molecule has 1 aromatic carbocycles. The van der Waals surface area contributed by atoms with E-state index in [4.69, 9.17) is 23.2 Å². The van der Waals surface area contributed by atoms with Crippen LogP contribution in [0.2, 0.25) is 0 Å². The number of benzene rings is 1. The van der Waals surface area contributed by atoms with Gasteiger partial charge in [-0.05, 0) is 43.0 Å². The summed E-state index contributed by atoms with van der Waals surface area (Å²) in [6.07, 6.45) is -3.08. The molecule has 1 aliphatic carbocycles. The van der Waals surface area contributed by atoms with Gasteiger partial charge in [0.1, 0.15) is 10.1 Å². The number of aryl methyl sites for hydroxylation is 1. The quantitative estimate of drug-likeness (QED) is 0.750. The monoisotopic (exact) mass is 353 g/mol. The van der Waals surface area contributed by atoms with Gasteiger partial charge in [0.15, 0.2) is 0 Å². The molecule has 3 nitrogen and oxygen atoms in total. The molecular weight excluding hydrogens is 342 g/mol. The first-order chi connectivity index (χ1) is 10.2.